The summed E-state index contributed by atoms with van der Waals surface area (Å²) in [4.78, 5) is 10.9. The van der Waals surface area contributed by atoms with E-state index in [4.69, 9.17) is 16.6 Å². The number of pyridine rings is 2. The molecule has 7 heteroatoms. The van der Waals surface area contributed by atoms with Crippen LogP contribution >= 0.6 is 11.6 Å². The first-order chi connectivity index (χ1) is 13.7. The molecule has 3 heterocycles. The fourth-order valence-electron chi connectivity index (χ4n) is 3.54. The second kappa shape index (κ2) is 8.02. The minimum absolute atomic E-state index is 0.684. The third-order valence-electron chi connectivity index (χ3n) is 4.87. The average Bonchev–Trinajstić information content (AvgIpc) is 3.23. The largest absolute Gasteiger partial charge is 0.261 e. The van der Waals surface area contributed by atoms with Crippen LogP contribution in [-0.4, -0.2) is 30.2 Å². The zero-order chi connectivity index (χ0) is 19.5. The fraction of sp³-hybridized carbons (Fsp3) is 0.286. The van der Waals surface area contributed by atoms with Crippen molar-refractivity contribution in [3.05, 3.63) is 59.1 Å². The molecule has 0 bridgehead atoms. The van der Waals surface area contributed by atoms with E-state index >= 15 is 0 Å². The molecular formula is C21H21ClN6. The van der Waals surface area contributed by atoms with Crippen molar-refractivity contribution < 1.29 is 0 Å². The molecule has 142 valence electrons. The first-order valence-corrected chi connectivity index (χ1v) is 9.84. The van der Waals surface area contributed by atoms with Gasteiger partial charge in [0.25, 0.3) is 0 Å². The van der Waals surface area contributed by atoms with Gasteiger partial charge in [0.2, 0.25) is 0 Å². The third-order valence-corrected chi connectivity index (χ3v) is 5.11. The Morgan fingerprint density at radius 3 is 2.79 bits per heavy atom. The van der Waals surface area contributed by atoms with Crippen LogP contribution in [0, 0.1) is 6.92 Å². The molecule has 0 fully saturated rings. The lowest BCUT2D eigenvalue weighted by molar-refractivity contribution is 0.674. The van der Waals surface area contributed by atoms with Crippen molar-refractivity contribution in [1.29, 1.82) is 0 Å². The highest BCUT2D eigenvalue weighted by Gasteiger charge is 2.20. The Morgan fingerprint density at radius 2 is 2.04 bits per heavy atom. The molecule has 0 aliphatic carbocycles. The zero-order valence-corrected chi connectivity index (χ0v) is 16.7. The van der Waals surface area contributed by atoms with Crippen LogP contribution in [0.4, 0.5) is 0 Å². The maximum atomic E-state index is 6.35. The van der Waals surface area contributed by atoms with Gasteiger partial charge in [-0.25, -0.2) is 4.98 Å². The summed E-state index contributed by atoms with van der Waals surface area (Å²) in [6.07, 6.45) is 7.45. The number of tetrazole rings is 1. The molecule has 0 aliphatic rings. The van der Waals surface area contributed by atoms with Crippen LogP contribution in [-0.2, 0) is 6.42 Å². The van der Waals surface area contributed by atoms with E-state index in [-0.39, 0.29) is 0 Å². The predicted molar refractivity (Wildman–Crippen MR) is 111 cm³/mol. The van der Waals surface area contributed by atoms with Crippen LogP contribution in [0.2, 0.25) is 5.02 Å². The van der Waals surface area contributed by atoms with Gasteiger partial charge in [-0.05, 0) is 54.8 Å². The van der Waals surface area contributed by atoms with Crippen molar-refractivity contribution in [1.82, 2.24) is 30.2 Å². The quantitative estimate of drug-likeness (QED) is 0.433. The molecule has 0 N–H and O–H groups in total. The van der Waals surface area contributed by atoms with E-state index in [1.807, 2.05) is 37.4 Å². The lowest BCUT2D eigenvalue weighted by Crippen LogP contribution is -2.09. The Kier molecular flexibility index (Phi) is 5.30. The Bertz CT molecular complexity index is 1110. The lowest BCUT2D eigenvalue weighted by Gasteiger charge is -2.18. The SMILES string of the molecule is CCCCCc1c(-n2ncnn2)nc2ccc(Cl)cc2c1-c1cccnc1C. The van der Waals surface area contributed by atoms with Crippen LogP contribution < -0.4 is 0 Å². The molecule has 1 aromatic carbocycles. The number of aryl methyl sites for hydroxylation is 1. The number of halogens is 1. The summed E-state index contributed by atoms with van der Waals surface area (Å²) in [7, 11) is 0. The Balaban J connectivity index is 2.07. The highest BCUT2D eigenvalue weighted by molar-refractivity contribution is 6.31. The van der Waals surface area contributed by atoms with Crippen LogP contribution in [0.5, 0.6) is 0 Å². The molecule has 0 atom stereocenters. The van der Waals surface area contributed by atoms with Crippen molar-refractivity contribution in [3.8, 4) is 16.9 Å². The van der Waals surface area contributed by atoms with Gasteiger partial charge in [0.15, 0.2) is 12.1 Å². The summed E-state index contributed by atoms with van der Waals surface area (Å²) in [6, 6.07) is 9.82. The van der Waals surface area contributed by atoms with E-state index in [2.05, 4.69) is 33.4 Å². The van der Waals surface area contributed by atoms with Crippen molar-refractivity contribution in [2.75, 3.05) is 0 Å². The maximum absolute atomic E-state index is 6.35. The van der Waals surface area contributed by atoms with Crippen LogP contribution in [0.25, 0.3) is 27.8 Å². The van der Waals surface area contributed by atoms with Gasteiger partial charge in [-0.2, -0.15) is 0 Å². The van der Waals surface area contributed by atoms with Gasteiger partial charge < -0.3 is 0 Å². The van der Waals surface area contributed by atoms with Gasteiger partial charge in [-0.15, -0.1) is 15.0 Å². The summed E-state index contributed by atoms with van der Waals surface area (Å²) in [5.41, 5.74) is 5.07. The molecule has 6 nitrogen and oxygen atoms in total. The minimum Gasteiger partial charge on any atom is -0.261 e. The lowest BCUT2D eigenvalue weighted by atomic mass is 9.92. The first-order valence-electron chi connectivity index (χ1n) is 9.46. The standard InChI is InChI=1S/C21H21ClN6/c1-3-4-5-7-17-20(16-8-6-11-23-14(16)2)18-12-15(22)9-10-19(18)26-21(17)28-25-13-24-27-28/h6,8-13H,3-5,7H2,1-2H3. The summed E-state index contributed by atoms with van der Waals surface area (Å²) >= 11 is 6.35. The molecule has 0 radical (unpaired) electrons. The average molecular weight is 393 g/mol. The van der Waals surface area contributed by atoms with Gasteiger partial charge in [-0.1, -0.05) is 37.4 Å². The molecule has 4 rings (SSSR count). The third kappa shape index (κ3) is 3.47. The van der Waals surface area contributed by atoms with E-state index < -0.39 is 0 Å². The van der Waals surface area contributed by atoms with Crippen LogP contribution in [0.1, 0.15) is 37.4 Å². The number of hydrogen-bond donors (Lipinski definition) is 0. The van der Waals surface area contributed by atoms with Gasteiger partial charge in [0.1, 0.15) is 0 Å². The molecule has 0 aliphatic heterocycles. The molecule has 28 heavy (non-hydrogen) atoms. The number of benzene rings is 1. The highest BCUT2D eigenvalue weighted by Crippen LogP contribution is 2.37. The number of nitrogens with zero attached hydrogens (tertiary/aromatic N) is 6. The second-order valence-electron chi connectivity index (χ2n) is 6.77. The smallest absolute Gasteiger partial charge is 0.180 e. The van der Waals surface area contributed by atoms with Crippen molar-refractivity contribution in [2.24, 2.45) is 0 Å². The molecule has 0 saturated heterocycles. The van der Waals surface area contributed by atoms with Crippen molar-refractivity contribution in [2.45, 2.75) is 39.5 Å². The second-order valence-corrected chi connectivity index (χ2v) is 7.21. The van der Waals surface area contributed by atoms with E-state index in [9.17, 15) is 0 Å². The molecule has 0 saturated carbocycles. The van der Waals surface area contributed by atoms with Gasteiger partial charge in [-0.3, -0.25) is 4.98 Å². The van der Waals surface area contributed by atoms with E-state index in [1.54, 1.807) is 0 Å². The van der Waals surface area contributed by atoms with E-state index in [0.717, 1.165) is 59.0 Å². The topological polar surface area (TPSA) is 69.4 Å². The first kappa shape index (κ1) is 18.5. The zero-order valence-electron chi connectivity index (χ0n) is 15.9. The Morgan fingerprint density at radius 1 is 1.14 bits per heavy atom. The Hall–Kier alpha value is -2.86. The van der Waals surface area contributed by atoms with Crippen LogP contribution in [0.15, 0.2) is 42.9 Å². The molecule has 4 aromatic rings. The van der Waals surface area contributed by atoms with Crippen LogP contribution in [0.3, 0.4) is 0 Å². The van der Waals surface area contributed by atoms with Gasteiger partial charge >= 0.3 is 0 Å². The van der Waals surface area contributed by atoms with Crippen molar-refractivity contribution >= 4 is 22.5 Å². The number of fused-ring (bicyclic) bond motifs is 1. The molecule has 3 aromatic heterocycles. The summed E-state index contributed by atoms with van der Waals surface area (Å²) in [5, 5.41) is 13.9. The number of hydrogen-bond acceptors (Lipinski definition) is 5. The number of unbranched alkanes of at least 4 members (excludes halogenated alkanes) is 2. The maximum Gasteiger partial charge on any atom is 0.180 e. The minimum atomic E-state index is 0.684. The summed E-state index contributed by atoms with van der Waals surface area (Å²) in [5.74, 6) is 0.710. The Labute approximate surface area is 168 Å². The number of aromatic nitrogens is 6. The number of rotatable bonds is 6. The van der Waals surface area contributed by atoms with Crippen molar-refractivity contribution in [3.63, 3.8) is 0 Å². The molecule has 0 spiro atoms. The summed E-state index contributed by atoms with van der Waals surface area (Å²) in [6.45, 7) is 4.22. The molecule has 0 unspecified atom stereocenters. The predicted octanol–water partition coefficient (Wildman–Crippen LogP) is 4.97. The highest BCUT2D eigenvalue weighted by atomic mass is 35.5. The van der Waals surface area contributed by atoms with Gasteiger partial charge in [0, 0.05) is 33.4 Å². The van der Waals surface area contributed by atoms with Gasteiger partial charge in [0.05, 0.1) is 5.52 Å². The monoisotopic (exact) mass is 392 g/mol. The normalized spacial score (nSPS) is 11.2. The molecule has 0 amide bonds. The van der Waals surface area contributed by atoms with E-state index in [0.29, 0.717) is 10.8 Å². The fourth-order valence-corrected chi connectivity index (χ4v) is 3.71. The molecular weight excluding hydrogens is 372 g/mol. The van der Waals surface area contributed by atoms with E-state index in [1.165, 1.54) is 11.1 Å². The summed E-state index contributed by atoms with van der Waals surface area (Å²) < 4.78 is 0.